The molecule has 0 aliphatic rings. The van der Waals surface area contributed by atoms with Gasteiger partial charge in [0.25, 0.3) is 0 Å². The Hall–Kier alpha value is -0.640. The van der Waals surface area contributed by atoms with E-state index in [0.717, 1.165) is 0 Å². The van der Waals surface area contributed by atoms with E-state index in [2.05, 4.69) is 5.32 Å². The van der Waals surface area contributed by atoms with Crippen LogP contribution in [0.1, 0.15) is 20.3 Å². The first-order valence-electron chi connectivity index (χ1n) is 3.87. The topological polar surface area (TPSA) is 38.3 Å². The van der Waals surface area contributed by atoms with E-state index in [1.54, 1.807) is 0 Å². The molecule has 1 N–H and O–H groups in total. The average molecular weight is 177 g/mol. The van der Waals surface area contributed by atoms with Crippen molar-refractivity contribution in [1.29, 1.82) is 0 Å². The lowest BCUT2D eigenvalue weighted by Crippen LogP contribution is -2.37. The fourth-order valence-electron chi connectivity index (χ4n) is 1.05. The highest BCUT2D eigenvalue weighted by molar-refractivity contribution is 5.46. The van der Waals surface area contributed by atoms with Crippen LogP contribution < -0.4 is 5.32 Å². The van der Waals surface area contributed by atoms with Gasteiger partial charge in [0.2, 0.25) is 6.41 Å². The monoisotopic (exact) mass is 177 g/mol. The van der Waals surface area contributed by atoms with Gasteiger partial charge in [-0.25, -0.2) is 4.39 Å². The molecule has 72 valence electrons. The number of hydrogen-bond donors (Lipinski definition) is 1. The molecule has 1 amide bonds. The van der Waals surface area contributed by atoms with E-state index >= 15 is 0 Å². The summed E-state index contributed by atoms with van der Waals surface area (Å²) in [5.41, 5.74) is -1.28. The molecule has 0 aromatic rings. The number of halogens is 1. The Morgan fingerprint density at radius 1 is 1.67 bits per heavy atom. The molecule has 12 heavy (non-hydrogen) atoms. The van der Waals surface area contributed by atoms with Gasteiger partial charge in [0.05, 0.1) is 12.6 Å². The predicted molar refractivity (Wildman–Crippen MR) is 44.7 cm³/mol. The van der Waals surface area contributed by atoms with E-state index in [-0.39, 0.29) is 12.5 Å². The number of ether oxygens (including phenoxy) is 1. The molecule has 0 rings (SSSR count). The van der Waals surface area contributed by atoms with Crippen LogP contribution in [-0.2, 0) is 9.53 Å². The lowest BCUT2D eigenvalue weighted by molar-refractivity contribution is -0.110. The van der Waals surface area contributed by atoms with Crippen LogP contribution in [0.5, 0.6) is 0 Å². The van der Waals surface area contributed by atoms with Crippen LogP contribution in [0.4, 0.5) is 4.39 Å². The molecule has 1 unspecified atom stereocenters. The van der Waals surface area contributed by atoms with Crippen molar-refractivity contribution in [3.8, 4) is 0 Å². The second kappa shape index (κ2) is 5.09. The highest BCUT2D eigenvalue weighted by Crippen LogP contribution is 2.15. The van der Waals surface area contributed by atoms with Crippen molar-refractivity contribution >= 4 is 6.41 Å². The first-order valence-corrected chi connectivity index (χ1v) is 3.87. The van der Waals surface area contributed by atoms with E-state index in [1.165, 1.54) is 21.0 Å². The first kappa shape index (κ1) is 11.4. The second-order valence-corrected chi connectivity index (χ2v) is 3.36. The summed E-state index contributed by atoms with van der Waals surface area (Å²) in [6.07, 6.45) is 0.828. The van der Waals surface area contributed by atoms with Crippen molar-refractivity contribution in [3.05, 3.63) is 0 Å². The van der Waals surface area contributed by atoms with Gasteiger partial charge in [-0.3, -0.25) is 4.79 Å². The molecule has 0 bridgehead atoms. The van der Waals surface area contributed by atoms with E-state index in [9.17, 15) is 9.18 Å². The number of carbonyl (C=O) groups is 1. The minimum absolute atomic E-state index is 0.243. The number of hydrogen-bond acceptors (Lipinski definition) is 2. The molecule has 0 spiro atoms. The molecule has 1 atom stereocenters. The molecule has 3 nitrogen and oxygen atoms in total. The maximum atomic E-state index is 13.1. The molecule has 0 saturated heterocycles. The molecule has 0 aliphatic heterocycles. The van der Waals surface area contributed by atoms with Crippen LogP contribution in [0.15, 0.2) is 0 Å². The summed E-state index contributed by atoms with van der Waals surface area (Å²) in [7, 11) is 1.52. The minimum atomic E-state index is -1.28. The Balaban J connectivity index is 3.85. The van der Waals surface area contributed by atoms with E-state index < -0.39 is 5.67 Å². The van der Waals surface area contributed by atoms with Gasteiger partial charge >= 0.3 is 0 Å². The molecular weight excluding hydrogens is 161 g/mol. The quantitative estimate of drug-likeness (QED) is 0.612. The van der Waals surface area contributed by atoms with E-state index in [1.807, 2.05) is 0 Å². The highest BCUT2D eigenvalue weighted by atomic mass is 19.1. The van der Waals surface area contributed by atoms with Crippen molar-refractivity contribution in [2.75, 3.05) is 13.7 Å². The first-order chi connectivity index (χ1) is 5.49. The predicted octanol–water partition coefficient (Wildman–Crippen LogP) is 0.886. The Morgan fingerprint density at radius 2 is 2.25 bits per heavy atom. The molecule has 0 fully saturated rings. The van der Waals surface area contributed by atoms with Crippen molar-refractivity contribution in [1.82, 2.24) is 5.32 Å². The summed E-state index contributed by atoms with van der Waals surface area (Å²) in [6.45, 7) is 3.29. The lowest BCUT2D eigenvalue weighted by atomic mass is 10.0. The lowest BCUT2D eigenvalue weighted by Gasteiger charge is -2.21. The van der Waals surface area contributed by atoms with Gasteiger partial charge in [0.15, 0.2) is 0 Å². The van der Waals surface area contributed by atoms with Gasteiger partial charge in [0, 0.05) is 13.5 Å². The molecule has 0 heterocycles. The maximum absolute atomic E-state index is 13.1. The zero-order valence-electron chi connectivity index (χ0n) is 7.76. The number of rotatable bonds is 6. The summed E-state index contributed by atoms with van der Waals surface area (Å²) < 4.78 is 17.9. The van der Waals surface area contributed by atoms with Crippen molar-refractivity contribution in [3.63, 3.8) is 0 Å². The highest BCUT2D eigenvalue weighted by Gasteiger charge is 2.21. The number of amides is 1. The van der Waals surface area contributed by atoms with Crippen LogP contribution in [0.25, 0.3) is 0 Å². The average Bonchev–Trinajstić information content (AvgIpc) is 1.84. The largest absolute Gasteiger partial charge is 0.383 e. The number of methoxy groups -OCH3 is 1. The second-order valence-electron chi connectivity index (χ2n) is 3.36. The smallest absolute Gasteiger partial charge is 0.207 e. The fourth-order valence-corrected chi connectivity index (χ4v) is 1.05. The molecule has 0 aromatic carbocycles. The third-order valence-electron chi connectivity index (χ3n) is 1.40. The van der Waals surface area contributed by atoms with Crippen molar-refractivity contribution < 1.29 is 13.9 Å². The molecule has 4 heteroatoms. The van der Waals surface area contributed by atoms with Gasteiger partial charge in [-0.1, -0.05) is 0 Å². The Bertz CT molecular complexity index is 134. The van der Waals surface area contributed by atoms with Gasteiger partial charge < -0.3 is 10.1 Å². The van der Waals surface area contributed by atoms with Gasteiger partial charge in [-0.2, -0.15) is 0 Å². The summed E-state index contributed by atoms with van der Waals surface area (Å²) in [5, 5.41) is 2.49. The van der Waals surface area contributed by atoms with Gasteiger partial charge in [-0.15, -0.1) is 0 Å². The molecule has 0 aromatic heterocycles. The summed E-state index contributed by atoms with van der Waals surface area (Å²) in [4.78, 5) is 10.1. The SMILES string of the molecule is COCC(CC(C)(C)F)NC=O. The van der Waals surface area contributed by atoms with Crippen LogP contribution in [0, 0.1) is 0 Å². The summed E-state index contributed by atoms with van der Waals surface area (Å²) in [6, 6.07) is -0.243. The Kier molecular flexibility index (Phi) is 4.81. The zero-order valence-corrected chi connectivity index (χ0v) is 7.76. The molecule has 0 aliphatic carbocycles. The van der Waals surface area contributed by atoms with Crippen LogP contribution in [0.2, 0.25) is 0 Å². The maximum Gasteiger partial charge on any atom is 0.207 e. The molecular formula is C8H16FNO2. The molecule has 0 radical (unpaired) electrons. The van der Waals surface area contributed by atoms with Crippen LogP contribution in [0.3, 0.4) is 0 Å². The standard InChI is InChI=1S/C8H16FNO2/c1-8(2,9)4-7(5-12-3)10-6-11/h6-7H,4-5H2,1-3H3,(H,10,11). The fraction of sp³-hybridized carbons (Fsp3) is 0.875. The van der Waals surface area contributed by atoms with Crippen LogP contribution >= 0.6 is 0 Å². The summed E-state index contributed by atoms with van der Waals surface area (Å²) in [5.74, 6) is 0. The van der Waals surface area contributed by atoms with Gasteiger partial charge in [-0.05, 0) is 13.8 Å². The summed E-state index contributed by atoms with van der Waals surface area (Å²) >= 11 is 0. The van der Waals surface area contributed by atoms with Crippen molar-refractivity contribution in [2.24, 2.45) is 0 Å². The van der Waals surface area contributed by atoms with Crippen molar-refractivity contribution in [2.45, 2.75) is 32.0 Å². The number of carbonyl (C=O) groups excluding carboxylic acids is 1. The van der Waals surface area contributed by atoms with E-state index in [0.29, 0.717) is 13.0 Å². The third kappa shape index (κ3) is 6.09. The zero-order chi connectivity index (χ0) is 9.61. The minimum Gasteiger partial charge on any atom is -0.383 e. The Morgan fingerprint density at radius 3 is 2.58 bits per heavy atom. The van der Waals surface area contributed by atoms with E-state index in [4.69, 9.17) is 4.74 Å². The Labute approximate surface area is 72.3 Å². The van der Waals surface area contributed by atoms with Gasteiger partial charge in [0.1, 0.15) is 5.67 Å². The van der Waals surface area contributed by atoms with Crippen LogP contribution in [-0.4, -0.2) is 31.8 Å². The number of alkyl halides is 1. The third-order valence-corrected chi connectivity index (χ3v) is 1.40. The molecule has 0 saturated carbocycles. The number of nitrogens with one attached hydrogen (secondary N) is 1. The normalized spacial score (nSPS) is 14.0.